The van der Waals surface area contributed by atoms with Crippen LogP contribution in [-0.4, -0.2) is 12.6 Å². The van der Waals surface area contributed by atoms with Crippen molar-refractivity contribution in [3.63, 3.8) is 0 Å². The average molecular weight is 288 g/mol. The average Bonchev–Trinajstić information content (AvgIpc) is 2.39. The Morgan fingerprint density at radius 2 is 2.10 bits per heavy atom. The van der Waals surface area contributed by atoms with Gasteiger partial charge >= 0.3 is 5.97 Å². The van der Waals surface area contributed by atoms with Crippen molar-refractivity contribution in [1.82, 2.24) is 0 Å². The lowest BCUT2D eigenvalue weighted by atomic mass is 9.78. The number of carbonyl (C=O) groups excluding carboxylic acids is 1. The van der Waals surface area contributed by atoms with Crippen LogP contribution in [0, 0.1) is 0 Å². The molecule has 0 heterocycles. The molecular weight excluding hydrogens is 274 g/mol. The van der Waals surface area contributed by atoms with E-state index in [-0.39, 0.29) is 0 Å². The van der Waals surface area contributed by atoms with Gasteiger partial charge < -0.3 is 10.5 Å². The minimum Gasteiger partial charge on any atom is -0.461 e. The van der Waals surface area contributed by atoms with Gasteiger partial charge in [-0.1, -0.05) is 35.9 Å². The molecule has 0 saturated carbocycles. The number of hydrogen-bond acceptors (Lipinski definition) is 3. The number of hydrogen-bond donors (Lipinski definition) is 1. The Morgan fingerprint density at radius 1 is 1.30 bits per heavy atom. The summed E-state index contributed by atoms with van der Waals surface area (Å²) in [6.07, 6.45) is 0.957. The fourth-order valence-electron chi connectivity index (χ4n) is 2.46. The van der Waals surface area contributed by atoms with Crippen LogP contribution in [0.4, 0.5) is 5.69 Å². The Kier molecular flexibility index (Phi) is 3.36. The maximum Gasteiger partial charge on any atom is 0.339 e. The Bertz CT molecular complexity index is 669. The second-order valence-electron chi connectivity index (χ2n) is 4.94. The zero-order chi connectivity index (χ0) is 14.1. The van der Waals surface area contributed by atoms with Gasteiger partial charge in [-0.15, -0.1) is 0 Å². The van der Waals surface area contributed by atoms with E-state index < -0.39 is 5.97 Å². The number of carbonyl (C=O) groups is 1. The van der Waals surface area contributed by atoms with E-state index in [1.54, 1.807) is 18.2 Å². The number of nitrogens with two attached hydrogens (primary N) is 1. The van der Waals surface area contributed by atoms with Crippen LogP contribution in [0.1, 0.15) is 27.4 Å². The molecule has 0 saturated heterocycles. The van der Waals surface area contributed by atoms with Crippen LogP contribution in [0.3, 0.4) is 0 Å². The van der Waals surface area contributed by atoms with E-state index in [2.05, 4.69) is 12.1 Å². The zero-order valence-electron chi connectivity index (χ0n) is 10.8. The van der Waals surface area contributed by atoms with Gasteiger partial charge in [0.2, 0.25) is 0 Å². The van der Waals surface area contributed by atoms with E-state index in [4.69, 9.17) is 22.1 Å². The topological polar surface area (TPSA) is 52.3 Å². The monoisotopic (exact) mass is 287 g/mol. The number of benzene rings is 2. The number of esters is 1. The van der Waals surface area contributed by atoms with Crippen LogP contribution < -0.4 is 5.73 Å². The van der Waals surface area contributed by atoms with Crippen LogP contribution in [0.25, 0.3) is 0 Å². The van der Waals surface area contributed by atoms with Crippen molar-refractivity contribution in [2.24, 2.45) is 0 Å². The third-order valence-corrected chi connectivity index (χ3v) is 3.90. The largest absolute Gasteiger partial charge is 0.461 e. The van der Waals surface area contributed by atoms with Crippen LogP contribution in [0.2, 0.25) is 5.02 Å². The summed E-state index contributed by atoms with van der Waals surface area (Å²) in [5.74, 6) is -0.109. The minimum atomic E-state index is -0.403. The lowest BCUT2D eigenvalue weighted by Crippen LogP contribution is -2.23. The summed E-state index contributed by atoms with van der Waals surface area (Å²) < 4.78 is 5.35. The lowest BCUT2D eigenvalue weighted by molar-refractivity contribution is 0.0470. The molecule has 4 heteroatoms. The van der Waals surface area contributed by atoms with Gasteiger partial charge in [0.25, 0.3) is 0 Å². The SMILES string of the molecule is Nc1ccc(C(=O)OCC2Cc3ccccc32)c(Cl)c1. The van der Waals surface area contributed by atoms with Crippen molar-refractivity contribution in [3.8, 4) is 0 Å². The molecule has 0 aliphatic heterocycles. The zero-order valence-corrected chi connectivity index (χ0v) is 11.6. The molecule has 2 N–H and O–H groups in total. The molecule has 3 nitrogen and oxygen atoms in total. The molecule has 0 aromatic heterocycles. The lowest BCUT2D eigenvalue weighted by Gasteiger charge is -2.29. The predicted molar refractivity (Wildman–Crippen MR) is 79.0 cm³/mol. The van der Waals surface area contributed by atoms with Crippen LogP contribution in [0.5, 0.6) is 0 Å². The van der Waals surface area contributed by atoms with Gasteiger partial charge in [0.05, 0.1) is 17.2 Å². The van der Waals surface area contributed by atoms with Gasteiger partial charge in [-0.05, 0) is 35.7 Å². The number of rotatable bonds is 3. The van der Waals surface area contributed by atoms with Crippen molar-refractivity contribution in [2.45, 2.75) is 12.3 Å². The number of nitrogen functional groups attached to an aromatic ring is 1. The molecular formula is C16H14ClNO2. The first-order valence-corrected chi connectivity index (χ1v) is 6.83. The van der Waals surface area contributed by atoms with Crippen molar-refractivity contribution in [2.75, 3.05) is 12.3 Å². The number of anilines is 1. The van der Waals surface area contributed by atoms with Crippen LogP contribution in [-0.2, 0) is 11.2 Å². The Morgan fingerprint density at radius 3 is 2.85 bits per heavy atom. The highest BCUT2D eigenvalue weighted by molar-refractivity contribution is 6.33. The van der Waals surface area contributed by atoms with Gasteiger partial charge in [0, 0.05) is 11.6 Å². The molecule has 0 bridgehead atoms. The van der Waals surface area contributed by atoms with E-state index in [9.17, 15) is 4.79 Å². The first-order chi connectivity index (χ1) is 9.65. The molecule has 1 aliphatic carbocycles. The second kappa shape index (κ2) is 5.17. The molecule has 0 fully saturated rings. The third kappa shape index (κ3) is 2.37. The van der Waals surface area contributed by atoms with Crippen molar-refractivity contribution in [1.29, 1.82) is 0 Å². The molecule has 0 radical (unpaired) electrons. The van der Waals surface area contributed by atoms with E-state index >= 15 is 0 Å². The molecule has 2 aromatic carbocycles. The second-order valence-corrected chi connectivity index (χ2v) is 5.34. The molecule has 20 heavy (non-hydrogen) atoms. The first kappa shape index (κ1) is 13.0. The standard InChI is InChI=1S/C16H14ClNO2/c17-15-8-12(18)5-6-14(15)16(19)20-9-11-7-10-3-1-2-4-13(10)11/h1-6,8,11H,7,9,18H2. The molecule has 1 unspecified atom stereocenters. The number of halogens is 1. The minimum absolute atomic E-state index is 0.294. The van der Waals surface area contributed by atoms with Gasteiger partial charge in [-0.3, -0.25) is 0 Å². The summed E-state index contributed by atoms with van der Waals surface area (Å²) in [5, 5.41) is 0.323. The Hall–Kier alpha value is -2.00. The molecule has 102 valence electrons. The summed E-state index contributed by atoms with van der Waals surface area (Å²) in [7, 11) is 0. The summed E-state index contributed by atoms with van der Waals surface area (Å²) in [6, 6.07) is 13.0. The molecule has 0 amide bonds. The summed E-state index contributed by atoms with van der Waals surface area (Å²) in [4.78, 5) is 12.0. The maximum absolute atomic E-state index is 12.0. The Labute approximate surface area is 122 Å². The van der Waals surface area contributed by atoms with Crippen molar-refractivity contribution < 1.29 is 9.53 Å². The van der Waals surface area contributed by atoms with E-state index in [0.717, 1.165) is 6.42 Å². The summed E-state index contributed by atoms with van der Waals surface area (Å²) >= 11 is 5.99. The summed E-state index contributed by atoms with van der Waals surface area (Å²) in [5.41, 5.74) is 9.08. The molecule has 1 aliphatic rings. The molecule has 0 spiro atoms. The highest BCUT2D eigenvalue weighted by atomic mass is 35.5. The highest BCUT2D eigenvalue weighted by Gasteiger charge is 2.27. The van der Waals surface area contributed by atoms with Gasteiger partial charge in [0.1, 0.15) is 0 Å². The fourth-order valence-corrected chi connectivity index (χ4v) is 2.73. The van der Waals surface area contributed by atoms with E-state index in [1.165, 1.54) is 11.1 Å². The summed E-state index contributed by atoms with van der Waals surface area (Å²) in [6.45, 7) is 0.385. The van der Waals surface area contributed by atoms with Gasteiger partial charge in [0.15, 0.2) is 0 Å². The normalized spacial score (nSPS) is 16.1. The molecule has 3 rings (SSSR count). The predicted octanol–water partition coefficient (Wildman–Crippen LogP) is 3.42. The van der Waals surface area contributed by atoms with Gasteiger partial charge in [-0.25, -0.2) is 4.79 Å². The smallest absolute Gasteiger partial charge is 0.339 e. The van der Waals surface area contributed by atoms with Crippen LogP contribution >= 0.6 is 11.6 Å². The van der Waals surface area contributed by atoms with Crippen LogP contribution in [0.15, 0.2) is 42.5 Å². The van der Waals surface area contributed by atoms with Crippen molar-refractivity contribution >= 4 is 23.3 Å². The Balaban J connectivity index is 1.64. The quantitative estimate of drug-likeness (QED) is 0.695. The molecule has 2 aromatic rings. The van der Waals surface area contributed by atoms with E-state index in [0.29, 0.717) is 28.8 Å². The maximum atomic E-state index is 12.0. The molecule has 1 atom stereocenters. The van der Waals surface area contributed by atoms with E-state index in [1.807, 2.05) is 12.1 Å². The number of ether oxygens (including phenoxy) is 1. The highest BCUT2D eigenvalue weighted by Crippen LogP contribution is 2.35. The van der Waals surface area contributed by atoms with Gasteiger partial charge in [-0.2, -0.15) is 0 Å². The first-order valence-electron chi connectivity index (χ1n) is 6.45. The number of fused-ring (bicyclic) bond motifs is 1. The third-order valence-electron chi connectivity index (χ3n) is 3.59. The van der Waals surface area contributed by atoms with Crippen molar-refractivity contribution in [3.05, 3.63) is 64.2 Å². The fraction of sp³-hybridized carbons (Fsp3) is 0.188.